The number of carbonyl (C=O) groups is 1. The van der Waals surface area contributed by atoms with E-state index in [9.17, 15) is 9.90 Å². The number of aliphatic hydroxyl groups excluding tert-OH is 1. The smallest absolute Gasteiger partial charge is 0.141 e. The van der Waals surface area contributed by atoms with E-state index in [1.807, 2.05) is 0 Å². The highest BCUT2D eigenvalue weighted by atomic mass is 16.3. The van der Waals surface area contributed by atoms with Crippen LogP contribution in [0, 0.1) is 5.92 Å². The minimum Gasteiger partial charge on any atom is -0.393 e. The van der Waals surface area contributed by atoms with Gasteiger partial charge in [0.1, 0.15) is 5.78 Å². The number of piperidine rings is 1. The van der Waals surface area contributed by atoms with Crippen molar-refractivity contribution in [3.63, 3.8) is 0 Å². The fraction of sp³-hybridized carbons (Fsp3) is 0.900. The molecule has 2 bridgehead atoms. The molecule has 2 rings (SSSR count). The van der Waals surface area contributed by atoms with Crippen LogP contribution in [-0.2, 0) is 4.79 Å². The zero-order chi connectivity index (χ0) is 9.59. The van der Waals surface area contributed by atoms with Crippen molar-refractivity contribution in [2.45, 2.75) is 44.4 Å². The lowest BCUT2D eigenvalue weighted by atomic mass is 9.85. The Morgan fingerprint density at radius 1 is 1.54 bits per heavy atom. The largest absolute Gasteiger partial charge is 0.393 e. The zero-order valence-corrected chi connectivity index (χ0v) is 8.23. The number of nitrogens with zero attached hydrogens (tertiary/aromatic N) is 1. The van der Waals surface area contributed by atoms with Crippen LogP contribution in [0.5, 0.6) is 0 Å². The molecule has 4 atom stereocenters. The average Bonchev–Trinajstić information content (AvgIpc) is 2.34. The molecule has 3 heteroatoms. The zero-order valence-electron chi connectivity index (χ0n) is 8.23. The Morgan fingerprint density at radius 2 is 2.23 bits per heavy atom. The van der Waals surface area contributed by atoms with E-state index >= 15 is 0 Å². The Hall–Kier alpha value is -0.410. The third-order valence-electron chi connectivity index (χ3n) is 3.64. The average molecular weight is 183 g/mol. The molecule has 0 saturated carbocycles. The van der Waals surface area contributed by atoms with Crippen molar-refractivity contribution in [1.29, 1.82) is 0 Å². The molecule has 2 aliphatic rings. The third-order valence-corrected chi connectivity index (χ3v) is 3.64. The first-order valence-electron chi connectivity index (χ1n) is 5.04. The summed E-state index contributed by atoms with van der Waals surface area (Å²) >= 11 is 0. The van der Waals surface area contributed by atoms with Gasteiger partial charge in [-0.2, -0.15) is 0 Å². The number of Topliss-reactive ketones (excluding diaryl/α,β-unsaturated/α-hetero) is 1. The maximum absolute atomic E-state index is 11.7. The molecule has 0 amide bonds. The monoisotopic (exact) mass is 183 g/mol. The van der Waals surface area contributed by atoms with Gasteiger partial charge < -0.3 is 5.11 Å². The second-order valence-electron chi connectivity index (χ2n) is 4.40. The third kappa shape index (κ3) is 1.30. The molecule has 0 unspecified atom stereocenters. The van der Waals surface area contributed by atoms with Gasteiger partial charge in [-0.25, -0.2) is 0 Å². The van der Waals surface area contributed by atoms with Gasteiger partial charge in [-0.3, -0.25) is 9.69 Å². The molecule has 2 fully saturated rings. The Balaban J connectivity index is 2.22. The van der Waals surface area contributed by atoms with Crippen LogP contribution in [0.4, 0.5) is 0 Å². The van der Waals surface area contributed by atoms with Crippen LogP contribution in [-0.4, -0.2) is 41.0 Å². The highest BCUT2D eigenvalue weighted by molar-refractivity contribution is 5.84. The Bertz CT molecular complexity index is 227. The van der Waals surface area contributed by atoms with Gasteiger partial charge in [0.2, 0.25) is 0 Å². The van der Waals surface area contributed by atoms with E-state index in [1.165, 1.54) is 0 Å². The van der Waals surface area contributed by atoms with E-state index in [1.54, 1.807) is 6.92 Å². The van der Waals surface area contributed by atoms with Crippen LogP contribution in [0.2, 0.25) is 0 Å². The molecule has 2 saturated heterocycles. The first-order chi connectivity index (χ1) is 6.11. The molecule has 1 N–H and O–H groups in total. The molecule has 0 radical (unpaired) electrons. The van der Waals surface area contributed by atoms with Crippen molar-refractivity contribution < 1.29 is 9.90 Å². The van der Waals surface area contributed by atoms with E-state index in [-0.39, 0.29) is 11.7 Å². The summed E-state index contributed by atoms with van der Waals surface area (Å²) in [7, 11) is 2.07. The summed E-state index contributed by atoms with van der Waals surface area (Å²) in [5.41, 5.74) is 0. The quantitative estimate of drug-likeness (QED) is 0.640. The molecular formula is C10H17NO2. The molecular weight excluding hydrogens is 166 g/mol. The molecule has 0 aromatic carbocycles. The van der Waals surface area contributed by atoms with Crippen LogP contribution in [0.3, 0.4) is 0 Å². The van der Waals surface area contributed by atoms with Crippen LogP contribution in [0.15, 0.2) is 0 Å². The molecule has 74 valence electrons. The number of hydrogen-bond donors (Lipinski definition) is 1. The molecule has 13 heavy (non-hydrogen) atoms. The lowest BCUT2D eigenvalue weighted by Gasteiger charge is -2.37. The second kappa shape index (κ2) is 3.07. The van der Waals surface area contributed by atoms with Crippen LogP contribution in [0.1, 0.15) is 26.2 Å². The SMILES string of the molecule is C[C@H](O)[C@@H]1C(=O)C[C@H]2CC[C@@H]1N2C. The summed E-state index contributed by atoms with van der Waals surface area (Å²) in [6.07, 6.45) is 2.35. The summed E-state index contributed by atoms with van der Waals surface area (Å²) in [4.78, 5) is 13.9. The van der Waals surface area contributed by atoms with Gasteiger partial charge in [0, 0.05) is 18.5 Å². The van der Waals surface area contributed by atoms with Crippen molar-refractivity contribution >= 4 is 5.78 Å². The van der Waals surface area contributed by atoms with E-state index in [0.29, 0.717) is 18.5 Å². The fourth-order valence-corrected chi connectivity index (χ4v) is 2.89. The molecule has 2 heterocycles. The first-order valence-corrected chi connectivity index (χ1v) is 5.04. The lowest BCUT2D eigenvalue weighted by molar-refractivity contribution is -0.133. The van der Waals surface area contributed by atoms with E-state index in [2.05, 4.69) is 11.9 Å². The van der Waals surface area contributed by atoms with Crippen LogP contribution < -0.4 is 0 Å². The predicted molar refractivity (Wildman–Crippen MR) is 49.4 cm³/mol. The van der Waals surface area contributed by atoms with Gasteiger partial charge in [0.15, 0.2) is 0 Å². The fourth-order valence-electron chi connectivity index (χ4n) is 2.89. The van der Waals surface area contributed by atoms with E-state index in [0.717, 1.165) is 12.8 Å². The molecule has 0 aromatic heterocycles. The van der Waals surface area contributed by atoms with Gasteiger partial charge in [0.25, 0.3) is 0 Å². The van der Waals surface area contributed by atoms with Crippen molar-refractivity contribution in [2.75, 3.05) is 7.05 Å². The molecule has 0 spiro atoms. The predicted octanol–water partition coefficient (Wildman–Crippen LogP) is 0.419. The van der Waals surface area contributed by atoms with Gasteiger partial charge in [0.05, 0.1) is 12.0 Å². The van der Waals surface area contributed by atoms with Crippen molar-refractivity contribution in [1.82, 2.24) is 4.90 Å². The molecule has 2 aliphatic heterocycles. The number of aliphatic hydroxyl groups is 1. The number of ketones is 1. The number of rotatable bonds is 1. The highest BCUT2D eigenvalue weighted by Crippen LogP contribution is 2.37. The molecule has 0 aromatic rings. The van der Waals surface area contributed by atoms with Crippen molar-refractivity contribution in [3.05, 3.63) is 0 Å². The number of fused-ring (bicyclic) bond motifs is 2. The van der Waals surface area contributed by atoms with Gasteiger partial charge in [-0.1, -0.05) is 0 Å². The molecule has 3 nitrogen and oxygen atoms in total. The maximum Gasteiger partial charge on any atom is 0.141 e. The van der Waals surface area contributed by atoms with Gasteiger partial charge in [-0.05, 0) is 26.8 Å². The summed E-state index contributed by atoms with van der Waals surface area (Å²) in [5.74, 6) is 0.129. The Kier molecular flexibility index (Phi) is 2.16. The number of hydrogen-bond acceptors (Lipinski definition) is 3. The second-order valence-corrected chi connectivity index (χ2v) is 4.40. The summed E-state index contributed by atoms with van der Waals surface area (Å²) in [6.45, 7) is 1.73. The Morgan fingerprint density at radius 3 is 2.85 bits per heavy atom. The Labute approximate surface area is 78.7 Å². The van der Waals surface area contributed by atoms with Crippen LogP contribution in [0.25, 0.3) is 0 Å². The van der Waals surface area contributed by atoms with Crippen LogP contribution >= 0.6 is 0 Å². The highest BCUT2D eigenvalue weighted by Gasteiger charge is 2.46. The normalized spacial score (nSPS) is 42.4. The number of carbonyl (C=O) groups excluding carboxylic acids is 1. The standard InChI is InChI=1S/C10H17NO2/c1-6(12)10-8-4-3-7(11(8)2)5-9(10)13/h6-8,10,12H,3-5H2,1-2H3/t6-,7+,8-,10-/m0/s1. The first kappa shape index (κ1) is 9.16. The van der Waals surface area contributed by atoms with E-state index in [4.69, 9.17) is 0 Å². The lowest BCUT2D eigenvalue weighted by Crippen LogP contribution is -2.50. The van der Waals surface area contributed by atoms with Gasteiger partial charge in [-0.15, -0.1) is 0 Å². The molecule has 0 aliphatic carbocycles. The maximum atomic E-state index is 11.7. The summed E-state index contributed by atoms with van der Waals surface area (Å²) < 4.78 is 0. The van der Waals surface area contributed by atoms with E-state index < -0.39 is 6.10 Å². The van der Waals surface area contributed by atoms with Crippen molar-refractivity contribution in [3.8, 4) is 0 Å². The minimum absolute atomic E-state index is 0.135. The van der Waals surface area contributed by atoms with Crippen molar-refractivity contribution in [2.24, 2.45) is 5.92 Å². The summed E-state index contributed by atoms with van der Waals surface area (Å²) in [6, 6.07) is 0.749. The van der Waals surface area contributed by atoms with Gasteiger partial charge >= 0.3 is 0 Å². The minimum atomic E-state index is -0.487. The topological polar surface area (TPSA) is 40.5 Å². The summed E-state index contributed by atoms with van der Waals surface area (Å²) in [5, 5.41) is 9.54.